The number of carboxylic acid groups (broad SMARTS) is 1. The van der Waals surface area contributed by atoms with Gasteiger partial charge in [-0.1, -0.05) is 30.3 Å². The van der Waals surface area contributed by atoms with Gasteiger partial charge < -0.3 is 15.7 Å². The Hall–Kier alpha value is -1.88. The van der Waals surface area contributed by atoms with Gasteiger partial charge in [0.1, 0.15) is 0 Å². The van der Waals surface area contributed by atoms with Crippen LogP contribution in [0.4, 0.5) is 0 Å². The molecule has 1 amide bonds. The molecular formula is C15H20N2O3. The number of likely N-dealkylation sites (tertiary alicyclic amines) is 1. The van der Waals surface area contributed by atoms with Gasteiger partial charge in [0.05, 0.1) is 12.0 Å². The number of rotatable bonds is 4. The van der Waals surface area contributed by atoms with Gasteiger partial charge in [-0.05, 0) is 24.8 Å². The average molecular weight is 276 g/mol. The van der Waals surface area contributed by atoms with Crippen molar-refractivity contribution in [2.75, 3.05) is 13.1 Å². The van der Waals surface area contributed by atoms with Crippen molar-refractivity contribution in [3.05, 3.63) is 35.9 Å². The fourth-order valence-corrected chi connectivity index (χ4v) is 2.54. The zero-order valence-electron chi connectivity index (χ0n) is 11.4. The average Bonchev–Trinajstić information content (AvgIpc) is 2.47. The van der Waals surface area contributed by atoms with Gasteiger partial charge in [0, 0.05) is 13.1 Å². The lowest BCUT2D eigenvalue weighted by atomic mass is 9.96. The predicted octanol–water partition coefficient (Wildman–Crippen LogP) is 0.880. The normalized spacial score (nSPS) is 17.8. The standard InChI is InChI=1S/C15H20N2O3/c16-13(10-11-4-2-1-3-5-11)14(18)17-8-6-12(7-9-17)15(19)20/h1-5,12-13H,6-10,16H2,(H,19,20)/t13-/m0/s1. The quantitative estimate of drug-likeness (QED) is 0.855. The molecule has 0 saturated carbocycles. The maximum Gasteiger partial charge on any atom is 0.306 e. The van der Waals surface area contributed by atoms with Crippen LogP contribution >= 0.6 is 0 Å². The first-order valence-corrected chi connectivity index (χ1v) is 6.89. The SMILES string of the molecule is N[C@@H](Cc1ccccc1)C(=O)N1CCC(C(=O)O)CC1. The Morgan fingerprint density at radius 2 is 1.85 bits per heavy atom. The summed E-state index contributed by atoms with van der Waals surface area (Å²) in [6.45, 7) is 0.969. The number of hydrogen-bond donors (Lipinski definition) is 2. The molecule has 1 fully saturated rings. The van der Waals surface area contributed by atoms with E-state index in [0.29, 0.717) is 32.4 Å². The molecule has 1 heterocycles. The summed E-state index contributed by atoms with van der Waals surface area (Å²) in [5.74, 6) is -1.19. The molecule has 1 saturated heterocycles. The van der Waals surface area contributed by atoms with Crippen molar-refractivity contribution in [3.63, 3.8) is 0 Å². The third-order valence-electron chi connectivity index (χ3n) is 3.77. The molecule has 3 N–H and O–H groups in total. The molecule has 0 aromatic heterocycles. The van der Waals surface area contributed by atoms with Gasteiger partial charge in [-0.25, -0.2) is 0 Å². The van der Waals surface area contributed by atoms with Gasteiger partial charge in [0.25, 0.3) is 0 Å². The van der Waals surface area contributed by atoms with E-state index in [2.05, 4.69) is 0 Å². The van der Waals surface area contributed by atoms with E-state index < -0.39 is 12.0 Å². The number of hydrogen-bond acceptors (Lipinski definition) is 3. The number of piperidine rings is 1. The molecular weight excluding hydrogens is 256 g/mol. The predicted molar refractivity (Wildman–Crippen MR) is 75.1 cm³/mol. The summed E-state index contributed by atoms with van der Waals surface area (Å²) in [5.41, 5.74) is 7.00. The van der Waals surface area contributed by atoms with Crippen molar-refractivity contribution in [1.82, 2.24) is 4.90 Å². The van der Waals surface area contributed by atoms with Crippen LogP contribution < -0.4 is 5.73 Å². The zero-order valence-corrected chi connectivity index (χ0v) is 11.4. The largest absolute Gasteiger partial charge is 0.481 e. The summed E-state index contributed by atoms with van der Waals surface area (Å²) in [7, 11) is 0. The van der Waals surface area contributed by atoms with Crippen molar-refractivity contribution >= 4 is 11.9 Å². The lowest BCUT2D eigenvalue weighted by Crippen LogP contribution is -2.48. The van der Waals surface area contributed by atoms with Crippen molar-refractivity contribution in [2.45, 2.75) is 25.3 Å². The third kappa shape index (κ3) is 3.57. The highest BCUT2D eigenvalue weighted by molar-refractivity contribution is 5.82. The van der Waals surface area contributed by atoms with Crippen LogP contribution in [0.15, 0.2) is 30.3 Å². The van der Waals surface area contributed by atoms with Gasteiger partial charge in [-0.3, -0.25) is 9.59 Å². The lowest BCUT2D eigenvalue weighted by Gasteiger charge is -2.32. The smallest absolute Gasteiger partial charge is 0.306 e. The minimum atomic E-state index is -0.773. The second-order valence-corrected chi connectivity index (χ2v) is 5.23. The highest BCUT2D eigenvalue weighted by Crippen LogP contribution is 2.18. The number of amides is 1. The molecule has 5 heteroatoms. The van der Waals surface area contributed by atoms with Crippen molar-refractivity contribution in [3.8, 4) is 0 Å². The van der Waals surface area contributed by atoms with E-state index in [1.165, 1.54) is 0 Å². The Morgan fingerprint density at radius 1 is 1.25 bits per heavy atom. The van der Waals surface area contributed by atoms with E-state index in [1.807, 2.05) is 30.3 Å². The molecule has 0 radical (unpaired) electrons. The number of carbonyl (C=O) groups is 2. The van der Waals surface area contributed by atoms with E-state index in [0.717, 1.165) is 5.56 Å². The summed E-state index contributed by atoms with van der Waals surface area (Å²) >= 11 is 0. The van der Waals surface area contributed by atoms with Crippen LogP contribution in [0.2, 0.25) is 0 Å². The summed E-state index contributed by atoms with van der Waals surface area (Å²) in [6, 6.07) is 9.11. The topological polar surface area (TPSA) is 83.6 Å². The van der Waals surface area contributed by atoms with Gasteiger partial charge in [0.2, 0.25) is 5.91 Å². The van der Waals surface area contributed by atoms with Crippen LogP contribution in [-0.2, 0) is 16.0 Å². The van der Waals surface area contributed by atoms with Crippen LogP contribution in [0, 0.1) is 5.92 Å². The monoisotopic (exact) mass is 276 g/mol. The van der Waals surface area contributed by atoms with E-state index in [-0.39, 0.29) is 11.8 Å². The molecule has 1 aliphatic rings. The first-order chi connectivity index (χ1) is 9.58. The Bertz CT molecular complexity index is 467. The van der Waals surface area contributed by atoms with E-state index in [9.17, 15) is 9.59 Å². The molecule has 0 unspecified atom stereocenters. The number of nitrogens with two attached hydrogens (primary N) is 1. The van der Waals surface area contributed by atoms with Crippen molar-refractivity contribution < 1.29 is 14.7 Å². The minimum Gasteiger partial charge on any atom is -0.481 e. The highest BCUT2D eigenvalue weighted by atomic mass is 16.4. The van der Waals surface area contributed by atoms with Crippen molar-refractivity contribution in [1.29, 1.82) is 0 Å². The van der Waals surface area contributed by atoms with Crippen molar-refractivity contribution in [2.24, 2.45) is 11.7 Å². The van der Waals surface area contributed by atoms with Gasteiger partial charge in [-0.15, -0.1) is 0 Å². The first-order valence-electron chi connectivity index (χ1n) is 6.89. The maximum atomic E-state index is 12.2. The van der Waals surface area contributed by atoms with E-state index in [4.69, 9.17) is 10.8 Å². The molecule has 1 aromatic carbocycles. The molecule has 0 aliphatic carbocycles. The Labute approximate surface area is 118 Å². The number of carbonyl (C=O) groups excluding carboxylic acids is 1. The third-order valence-corrected chi connectivity index (χ3v) is 3.77. The van der Waals surface area contributed by atoms with Crippen LogP contribution in [0.5, 0.6) is 0 Å². The molecule has 108 valence electrons. The number of aliphatic carboxylic acids is 1. The fourth-order valence-electron chi connectivity index (χ4n) is 2.54. The van der Waals surface area contributed by atoms with Crippen LogP contribution in [0.3, 0.4) is 0 Å². The summed E-state index contributed by atoms with van der Waals surface area (Å²) in [5, 5.41) is 8.94. The zero-order chi connectivity index (χ0) is 14.5. The number of benzene rings is 1. The van der Waals surface area contributed by atoms with E-state index >= 15 is 0 Å². The van der Waals surface area contributed by atoms with Crippen LogP contribution in [0.25, 0.3) is 0 Å². The first kappa shape index (κ1) is 14.5. The second kappa shape index (κ2) is 6.52. The maximum absolute atomic E-state index is 12.2. The molecule has 5 nitrogen and oxygen atoms in total. The van der Waals surface area contributed by atoms with Gasteiger partial charge in [0.15, 0.2) is 0 Å². The molecule has 1 aliphatic heterocycles. The Balaban J connectivity index is 1.87. The fraction of sp³-hybridized carbons (Fsp3) is 0.467. The Morgan fingerprint density at radius 3 is 2.40 bits per heavy atom. The summed E-state index contributed by atoms with van der Waals surface area (Å²) < 4.78 is 0. The molecule has 1 aromatic rings. The Kier molecular flexibility index (Phi) is 4.74. The van der Waals surface area contributed by atoms with Crippen LogP contribution in [0.1, 0.15) is 18.4 Å². The number of carboxylic acids is 1. The van der Waals surface area contributed by atoms with E-state index in [1.54, 1.807) is 4.90 Å². The molecule has 2 rings (SSSR count). The summed E-state index contributed by atoms with van der Waals surface area (Å²) in [6.07, 6.45) is 1.54. The molecule has 1 atom stereocenters. The molecule has 0 spiro atoms. The lowest BCUT2D eigenvalue weighted by molar-refractivity contribution is -0.146. The molecule has 0 bridgehead atoms. The minimum absolute atomic E-state index is 0.0855. The second-order valence-electron chi connectivity index (χ2n) is 5.23. The highest BCUT2D eigenvalue weighted by Gasteiger charge is 2.29. The summed E-state index contributed by atoms with van der Waals surface area (Å²) in [4.78, 5) is 24.8. The van der Waals surface area contributed by atoms with Crippen LogP contribution in [-0.4, -0.2) is 41.0 Å². The molecule has 20 heavy (non-hydrogen) atoms. The number of nitrogens with zero attached hydrogens (tertiary/aromatic N) is 1. The van der Waals surface area contributed by atoms with Gasteiger partial charge in [-0.2, -0.15) is 0 Å². The van der Waals surface area contributed by atoms with Gasteiger partial charge >= 0.3 is 5.97 Å².